The fraction of sp³-hybridized carbons (Fsp3) is 0.727. The van der Waals surface area contributed by atoms with Crippen LogP contribution in [0.15, 0.2) is 6.20 Å². The zero-order chi connectivity index (χ0) is 13.6. The van der Waals surface area contributed by atoms with Gasteiger partial charge >= 0.3 is 6.18 Å². The van der Waals surface area contributed by atoms with Crippen LogP contribution in [0.5, 0.6) is 0 Å². The van der Waals surface area contributed by atoms with E-state index in [0.717, 1.165) is 6.20 Å². The third-order valence-electron chi connectivity index (χ3n) is 2.93. The molecule has 0 spiro atoms. The average molecular weight is 281 g/mol. The van der Waals surface area contributed by atoms with Crippen LogP contribution in [0, 0.1) is 0 Å². The number of aliphatic hydroxyl groups is 1. The van der Waals surface area contributed by atoms with Crippen LogP contribution in [-0.4, -0.2) is 22.3 Å². The van der Waals surface area contributed by atoms with Gasteiger partial charge in [0.15, 0.2) is 5.01 Å². The van der Waals surface area contributed by atoms with Crippen molar-refractivity contribution in [2.75, 3.05) is 6.61 Å². The van der Waals surface area contributed by atoms with Crippen LogP contribution in [0.2, 0.25) is 0 Å². The monoisotopic (exact) mass is 281 g/mol. The summed E-state index contributed by atoms with van der Waals surface area (Å²) in [6, 6.07) is 0. The van der Waals surface area contributed by atoms with Crippen LogP contribution < -0.4 is 0 Å². The fourth-order valence-electron chi connectivity index (χ4n) is 2.17. The number of aromatic nitrogens is 1. The molecule has 0 amide bonds. The van der Waals surface area contributed by atoms with Gasteiger partial charge in [-0.15, -0.1) is 11.3 Å². The first kappa shape index (κ1) is 13.8. The van der Waals surface area contributed by atoms with Gasteiger partial charge in [0.1, 0.15) is 5.60 Å². The van der Waals surface area contributed by atoms with Gasteiger partial charge in [0, 0.05) is 19.0 Å². The van der Waals surface area contributed by atoms with Crippen molar-refractivity contribution in [1.29, 1.82) is 0 Å². The molecule has 0 radical (unpaired) electrons. The van der Waals surface area contributed by atoms with Crippen LogP contribution in [0.1, 0.15) is 36.6 Å². The summed E-state index contributed by atoms with van der Waals surface area (Å²) < 4.78 is 42.9. The molecule has 1 N–H and O–H groups in total. The van der Waals surface area contributed by atoms with Crippen molar-refractivity contribution >= 4 is 11.3 Å². The Balaban J connectivity index is 2.28. The zero-order valence-corrected chi connectivity index (χ0v) is 10.9. The first-order valence-electron chi connectivity index (χ1n) is 5.52. The van der Waals surface area contributed by atoms with Crippen LogP contribution >= 0.6 is 11.3 Å². The maximum absolute atomic E-state index is 12.5. The summed E-state index contributed by atoms with van der Waals surface area (Å²) in [7, 11) is 0. The minimum atomic E-state index is -4.46. The van der Waals surface area contributed by atoms with Crippen LogP contribution in [0.3, 0.4) is 0 Å². The SMILES string of the molecule is CC1(C)CC(O)(c2cnc(C(F)(F)F)s2)CCO1. The molecule has 0 aromatic carbocycles. The second-order valence-corrected chi connectivity index (χ2v) is 6.12. The molecular weight excluding hydrogens is 267 g/mol. The maximum Gasteiger partial charge on any atom is 0.443 e. The second-order valence-electron chi connectivity index (χ2n) is 5.09. The van der Waals surface area contributed by atoms with Gasteiger partial charge < -0.3 is 9.84 Å². The Kier molecular flexibility index (Phi) is 3.19. The van der Waals surface area contributed by atoms with Gasteiger partial charge in [-0.05, 0) is 13.8 Å². The first-order chi connectivity index (χ1) is 8.12. The Morgan fingerprint density at radius 1 is 1.44 bits per heavy atom. The number of hydrogen-bond donors (Lipinski definition) is 1. The van der Waals surface area contributed by atoms with Crippen molar-refractivity contribution in [2.45, 2.75) is 44.1 Å². The van der Waals surface area contributed by atoms with Crippen LogP contribution in [0.4, 0.5) is 13.2 Å². The lowest BCUT2D eigenvalue weighted by Crippen LogP contribution is -2.43. The number of alkyl halides is 3. The van der Waals surface area contributed by atoms with Gasteiger partial charge in [0.05, 0.1) is 17.1 Å². The highest BCUT2D eigenvalue weighted by Crippen LogP contribution is 2.43. The summed E-state index contributed by atoms with van der Waals surface area (Å²) in [6.45, 7) is 3.94. The average Bonchev–Trinajstić information content (AvgIpc) is 2.63. The van der Waals surface area contributed by atoms with Crippen molar-refractivity contribution in [3.63, 3.8) is 0 Å². The Hall–Kier alpha value is -0.660. The molecule has 1 aliphatic rings. The van der Waals surface area contributed by atoms with E-state index >= 15 is 0 Å². The molecule has 3 nitrogen and oxygen atoms in total. The van der Waals surface area contributed by atoms with Gasteiger partial charge in [0.2, 0.25) is 0 Å². The Morgan fingerprint density at radius 2 is 2.11 bits per heavy atom. The minimum absolute atomic E-state index is 0.256. The van der Waals surface area contributed by atoms with E-state index in [0.29, 0.717) is 17.9 Å². The summed E-state index contributed by atoms with van der Waals surface area (Å²) in [5.74, 6) is 0. The molecule has 1 unspecified atom stereocenters. The summed E-state index contributed by atoms with van der Waals surface area (Å²) in [5.41, 5.74) is -1.82. The molecule has 7 heteroatoms. The Morgan fingerprint density at radius 3 is 2.61 bits per heavy atom. The number of hydrogen-bond acceptors (Lipinski definition) is 4. The Bertz CT molecular complexity index is 444. The van der Waals surface area contributed by atoms with Gasteiger partial charge in [-0.1, -0.05) is 0 Å². The van der Waals surface area contributed by atoms with Gasteiger partial charge in [0.25, 0.3) is 0 Å². The largest absolute Gasteiger partial charge is 0.443 e. The van der Waals surface area contributed by atoms with Gasteiger partial charge in [-0.25, -0.2) is 4.98 Å². The molecule has 2 heterocycles. The third kappa shape index (κ3) is 2.67. The molecule has 1 aromatic rings. The smallest absolute Gasteiger partial charge is 0.384 e. The molecule has 0 aliphatic carbocycles. The summed E-state index contributed by atoms with van der Waals surface area (Å²) >= 11 is 0.504. The second kappa shape index (κ2) is 4.18. The highest BCUT2D eigenvalue weighted by molar-refractivity contribution is 7.11. The van der Waals surface area contributed by atoms with Gasteiger partial charge in [-0.3, -0.25) is 0 Å². The number of thiazole rings is 1. The zero-order valence-electron chi connectivity index (χ0n) is 10.0. The summed E-state index contributed by atoms with van der Waals surface area (Å²) in [6.07, 6.45) is -2.79. The fourth-order valence-corrected chi connectivity index (χ4v) is 3.07. The van der Waals surface area contributed by atoms with Crippen molar-refractivity contribution in [3.05, 3.63) is 16.1 Å². The van der Waals surface area contributed by atoms with E-state index in [1.807, 2.05) is 13.8 Å². The van der Waals surface area contributed by atoms with E-state index in [-0.39, 0.29) is 17.7 Å². The quantitative estimate of drug-likeness (QED) is 0.860. The summed E-state index contributed by atoms with van der Waals surface area (Å²) in [5, 5.41) is 9.56. The molecule has 18 heavy (non-hydrogen) atoms. The predicted molar refractivity (Wildman–Crippen MR) is 60.3 cm³/mol. The molecule has 1 saturated heterocycles. The number of nitrogens with zero attached hydrogens (tertiary/aromatic N) is 1. The molecule has 1 fully saturated rings. The summed E-state index contributed by atoms with van der Waals surface area (Å²) in [4.78, 5) is 3.60. The molecule has 1 aromatic heterocycles. The Labute approximate surface area is 107 Å². The van der Waals surface area contributed by atoms with E-state index in [9.17, 15) is 18.3 Å². The molecule has 102 valence electrons. The topological polar surface area (TPSA) is 42.4 Å². The minimum Gasteiger partial charge on any atom is -0.384 e. The molecule has 1 atom stereocenters. The third-order valence-corrected chi connectivity index (χ3v) is 4.17. The highest BCUT2D eigenvalue weighted by Gasteiger charge is 2.44. The normalized spacial score (nSPS) is 28.3. The van der Waals surface area contributed by atoms with Crippen molar-refractivity contribution in [1.82, 2.24) is 4.98 Å². The number of ether oxygens (including phenoxy) is 1. The van der Waals surface area contributed by atoms with E-state index in [4.69, 9.17) is 4.74 Å². The standard InChI is InChI=1S/C11H14F3NO2S/c1-9(2)6-10(16,3-4-17-9)7-5-15-8(18-7)11(12,13)14/h5,16H,3-4,6H2,1-2H3. The van der Waals surface area contributed by atoms with Crippen molar-refractivity contribution in [3.8, 4) is 0 Å². The molecule has 2 rings (SSSR count). The molecular formula is C11H14F3NO2S. The maximum atomic E-state index is 12.5. The lowest BCUT2D eigenvalue weighted by Gasteiger charge is -2.40. The van der Waals surface area contributed by atoms with Crippen LogP contribution in [0.25, 0.3) is 0 Å². The van der Waals surface area contributed by atoms with E-state index in [1.54, 1.807) is 0 Å². The van der Waals surface area contributed by atoms with Gasteiger partial charge in [-0.2, -0.15) is 13.2 Å². The van der Waals surface area contributed by atoms with E-state index in [1.165, 1.54) is 0 Å². The molecule has 1 aliphatic heterocycles. The highest BCUT2D eigenvalue weighted by atomic mass is 32.1. The van der Waals surface area contributed by atoms with Crippen LogP contribution in [-0.2, 0) is 16.5 Å². The first-order valence-corrected chi connectivity index (χ1v) is 6.34. The lowest BCUT2D eigenvalue weighted by atomic mass is 9.83. The predicted octanol–water partition coefficient (Wildman–Crippen LogP) is 2.94. The van der Waals surface area contributed by atoms with Crippen molar-refractivity contribution < 1.29 is 23.0 Å². The molecule has 0 bridgehead atoms. The molecule has 0 saturated carbocycles. The number of rotatable bonds is 1. The lowest BCUT2D eigenvalue weighted by molar-refractivity contribution is -0.146. The van der Waals surface area contributed by atoms with E-state index < -0.39 is 22.4 Å². The van der Waals surface area contributed by atoms with Crippen molar-refractivity contribution in [2.24, 2.45) is 0 Å². The number of halogens is 3. The van der Waals surface area contributed by atoms with E-state index in [2.05, 4.69) is 4.98 Å².